The van der Waals surface area contributed by atoms with Crippen molar-refractivity contribution < 1.29 is 0 Å². The molecule has 0 aliphatic carbocycles. The van der Waals surface area contributed by atoms with Crippen LogP contribution in [0.5, 0.6) is 0 Å². The Morgan fingerprint density at radius 1 is 1.24 bits per heavy atom. The number of nitrogens with zero attached hydrogens (tertiary/aromatic N) is 5. The second-order valence-electron chi connectivity index (χ2n) is 4.56. The van der Waals surface area contributed by atoms with E-state index in [1.165, 1.54) is 10.9 Å². The largest absolute Gasteiger partial charge is 0.318 e. The van der Waals surface area contributed by atoms with Crippen molar-refractivity contribution in [3.05, 3.63) is 42.1 Å². The number of aromatic nitrogens is 5. The van der Waals surface area contributed by atoms with E-state index in [1.54, 1.807) is 11.8 Å². The Bertz CT molecular complexity index is 721. The van der Waals surface area contributed by atoms with Crippen LogP contribution in [0, 0.1) is 0 Å². The molecule has 1 aromatic carbocycles. The van der Waals surface area contributed by atoms with Crippen molar-refractivity contribution in [3.8, 4) is 0 Å². The smallest absolute Gasteiger partial charge is 0.209 e. The molecule has 3 rings (SSSR count). The van der Waals surface area contributed by atoms with Gasteiger partial charge in [0, 0.05) is 23.9 Å². The number of fused-ring (bicyclic) bond motifs is 1. The topological polar surface area (TPSA) is 68.5 Å². The summed E-state index contributed by atoms with van der Waals surface area (Å²) in [6, 6.07) is 10.2. The molecule has 0 radical (unpaired) electrons. The zero-order chi connectivity index (χ0) is 14.5. The summed E-state index contributed by atoms with van der Waals surface area (Å²) in [5.41, 5.74) is 2.26. The van der Waals surface area contributed by atoms with Gasteiger partial charge in [0.15, 0.2) is 0 Å². The van der Waals surface area contributed by atoms with Gasteiger partial charge in [-0.15, -0.1) is 5.10 Å². The van der Waals surface area contributed by atoms with Crippen molar-refractivity contribution in [2.75, 3.05) is 13.6 Å². The second-order valence-corrected chi connectivity index (χ2v) is 5.51. The standard InChI is InChI=1S/C14H16N6S/c1-15-8-9-20-14(17-18-19-20)21-10-11-6-7-16-13-5-3-2-4-12(11)13/h2-7,15H,8-10H2,1H3. The maximum atomic E-state index is 4.38. The molecule has 0 saturated carbocycles. The number of tetrazole rings is 1. The number of nitrogens with one attached hydrogen (secondary N) is 1. The van der Waals surface area contributed by atoms with E-state index in [1.807, 2.05) is 36.1 Å². The highest BCUT2D eigenvalue weighted by Gasteiger charge is 2.08. The molecule has 3 aromatic rings. The van der Waals surface area contributed by atoms with Crippen LogP contribution in [0.4, 0.5) is 0 Å². The molecule has 0 aliphatic rings. The van der Waals surface area contributed by atoms with Gasteiger partial charge < -0.3 is 5.32 Å². The number of hydrogen-bond acceptors (Lipinski definition) is 6. The van der Waals surface area contributed by atoms with E-state index in [0.717, 1.165) is 29.5 Å². The number of hydrogen-bond donors (Lipinski definition) is 1. The SMILES string of the molecule is CNCCn1nnnc1SCc1ccnc2ccccc12. The van der Waals surface area contributed by atoms with Gasteiger partial charge in [-0.25, -0.2) is 4.68 Å². The fraction of sp³-hybridized carbons (Fsp3) is 0.286. The Morgan fingerprint density at radius 2 is 2.14 bits per heavy atom. The summed E-state index contributed by atoms with van der Waals surface area (Å²) in [6.45, 7) is 1.61. The van der Waals surface area contributed by atoms with Crippen LogP contribution in [0.1, 0.15) is 5.56 Å². The second kappa shape index (κ2) is 6.64. The van der Waals surface area contributed by atoms with Gasteiger partial charge in [0.2, 0.25) is 5.16 Å². The fourth-order valence-electron chi connectivity index (χ4n) is 2.08. The Labute approximate surface area is 127 Å². The molecule has 0 unspecified atom stereocenters. The summed E-state index contributed by atoms with van der Waals surface area (Å²) in [5.74, 6) is 0.822. The Kier molecular flexibility index (Phi) is 4.42. The third-order valence-electron chi connectivity index (χ3n) is 3.17. The van der Waals surface area contributed by atoms with Crippen molar-refractivity contribution in [1.29, 1.82) is 0 Å². The predicted octanol–water partition coefficient (Wildman–Crippen LogP) is 1.73. The quantitative estimate of drug-likeness (QED) is 0.699. The first-order valence-electron chi connectivity index (χ1n) is 6.74. The lowest BCUT2D eigenvalue weighted by Gasteiger charge is -2.06. The third kappa shape index (κ3) is 3.20. The third-order valence-corrected chi connectivity index (χ3v) is 4.17. The van der Waals surface area contributed by atoms with Crippen molar-refractivity contribution in [2.24, 2.45) is 0 Å². The molecule has 2 heterocycles. The molecule has 21 heavy (non-hydrogen) atoms. The summed E-state index contributed by atoms with van der Waals surface area (Å²) < 4.78 is 1.82. The molecule has 6 nitrogen and oxygen atoms in total. The fourth-order valence-corrected chi connectivity index (χ4v) is 2.99. The molecule has 0 saturated heterocycles. The van der Waals surface area contributed by atoms with E-state index in [9.17, 15) is 0 Å². The van der Waals surface area contributed by atoms with Crippen LogP contribution in [-0.4, -0.2) is 38.8 Å². The summed E-state index contributed by atoms with van der Waals surface area (Å²) in [5, 5.41) is 17.0. The zero-order valence-corrected chi connectivity index (χ0v) is 12.5. The monoisotopic (exact) mass is 300 g/mol. The van der Waals surface area contributed by atoms with E-state index in [-0.39, 0.29) is 0 Å². The molecule has 0 fully saturated rings. The Balaban J connectivity index is 1.76. The number of rotatable bonds is 6. The molecule has 108 valence electrons. The zero-order valence-electron chi connectivity index (χ0n) is 11.7. The number of pyridine rings is 1. The van der Waals surface area contributed by atoms with E-state index >= 15 is 0 Å². The highest BCUT2D eigenvalue weighted by Crippen LogP contribution is 2.24. The molecular weight excluding hydrogens is 284 g/mol. The van der Waals surface area contributed by atoms with Crippen LogP contribution in [0.3, 0.4) is 0 Å². The molecule has 0 amide bonds. The highest BCUT2D eigenvalue weighted by atomic mass is 32.2. The van der Waals surface area contributed by atoms with Crippen molar-refractivity contribution in [2.45, 2.75) is 17.5 Å². The highest BCUT2D eigenvalue weighted by molar-refractivity contribution is 7.98. The van der Waals surface area contributed by atoms with Gasteiger partial charge >= 0.3 is 0 Å². The van der Waals surface area contributed by atoms with Crippen molar-refractivity contribution in [3.63, 3.8) is 0 Å². The molecule has 0 bridgehead atoms. The van der Waals surface area contributed by atoms with Gasteiger partial charge in [-0.2, -0.15) is 0 Å². The molecule has 1 N–H and O–H groups in total. The first-order chi connectivity index (χ1) is 10.4. The van der Waals surface area contributed by atoms with Crippen LogP contribution in [0.15, 0.2) is 41.7 Å². The number of likely N-dealkylation sites (N-methyl/N-ethyl adjacent to an activating group) is 1. The van der Waals surface area contributed by atoms with E-state index in [4.69, 9.17) is 0 Å². The minimum atomic E-state index is 0.767. The lowest BCUT2D eigenvalue weighted by molar-refractivity contribution is 0.530. The van der Waals surface area contributed by atoms with Gasteiger partial charge in [-0.05, 0) is 35.2 Å². The average molecular weight is 300 g/mol. The van der Waals surface area contributed by atoms with Gasteiger partial charge in [0.25, 0.3) is 0 Å². The molecule has 2 aromatic heterocycles. The van der Waals surface area contributed by atoms with Gasteiger partial charge in [0.05, 0.1) is 12.1 Å². The van der Waals surface area contributed by atoms with E-state index < -0.39 is 0 Å². The number of para-hydroxylation sites is 1. The van der Waals surface area contributed by atoms with Gasteiger partial charge in [-0.1, -0.05) is 30.0 Å². The summed E-state index contributed by atoms with van der Waals surface area (Å²) >= 11 is 1.64. The molecule has 0 aliphatic heterocycles. The van der Waals surface area contributed by atoms with Crippen LogP contribution >= 0.6 is 11.8 Å². The summed E-state index contributed by atoms with van der Waals surface area (Å²) in [4.78, 5) is 4.38. The predicted molar refractivity (Wildman–Crippen MR) is 83.0 cm³/mol. The summed E-state index contributed by atoms with van der Waals surface area (Å²) in [7, 11) is 1.92. The lowest BCUT2D eigenvalue weighted by atomic mass is 10.1. The lowest BCUT2D eigenvalue weighted by Crippen LogP contribution is -2.16. The van der Waals surface area contributed by atoms with Crippen LogP contribution < -0.4 is 5.32 Å². The van der Waals surface area contributed by atoms with Crippen LogP contribution in [-0.2, 0) is 12.3 Å². The molecule has 0 atom stereocenters. The number of benzene rings is 1. The molecular formula is C14H16N6S. The van der Waals surface area contributed by atoms with E-state index in [0.29, 0.717) is 0 Å². The Hall–Kier alpha value is -1.99. The maximum absolute atomic E-state index is 4.38. The van der Waals surface area contributed by atoms with Crippen molar-refractivity contribution in [1.82, 2.24) is 30.5 Å². The number of thioether (sulfide) groups is 1. The minimum absolute atomic E-state index is 0.767. The average Bonchev–Trinajstić information content (AvgIpc) is 2.98. The first-order valence-corrected chi connectivity index (χ1v) is 7.73. The van der Waals surface area contributed by atoms with Crippen LogP contribution in [0.25, 0.3) is 10.9 Å². The molecule has 0 spiro atoms. The van der Waals surface area contributed by atoms with Gasteiger partial charge in [0.1, 0.15) is 0 Å². The summed E-state index contributed by atoms with van der Waals surface area (Å²) in [6.07, 6.45) is 1.85. The normalized spacial score (nSPS) is 11.1. The van der Waals surface area contributed by atoms with Gasteiger partial charge in [-0.3, -0.25) is 4.98 Å². The molecule has 7 heteroatoms. The van der Waals surface area contributed by atoms with E-state index in [2.05, 4.69) is 38.0 Å². The first kappa shape index (κ1) is 14.0. The van der Waals surface area contributed by atoms with Crippen molar-refractivity contribution >= 4 is 22.7 Å². The Morgan fingerprint density at radius 3 is 3.05 bits per heavy atom. The maximum Gasteiger partial charge on any atom is 0.209 e. The van der Waals surface area contributed by atoms with Crippen LogP contribution in [0.2, 0.25) is 0 Å². The minimum Gasteiger partial charge on any atom is -0.318 e.